The molecular weight excluding hydrogens is 1390 g/mol. The molecule has 0 aromatic rings. The van der Waals surface area contributed by atoms with Gasteiger partial charge in [-0.1, -0.05) is 362 Å². The number of carbonyl (C=O) groups is 3. The number of rotatable bonds is 83. The molecule has 5 unspecified atom stereocenters. The van der Waals surface area contributed by atoms with Crippen molar-refractivity contribution in [3.8, 4) is 0 Å². The second-order valence-electron chi connectivity index (χ2n) is 29.3. The first-order valence-corrected chi connectivity index (χ1v) is 46.5. The molecule has 4 N–H and O–H groups in total. The number of phosphoric ester groups is 2. The summed E-state index contributed by atoms with van der Waals surface area (Å²) < 4.78 is 61.3. The van der Waals surface area contributed by atoms with Gasteiger partial charge in [-0.25, -0.2) is 9.13 Å². The third-order valence-corrected chi connectivity index (χ3v) is 20.7. The maximum Gasteiger partial charge on any atom is 0.472 e. The number of ether oxygens (including phenoxy) is 3. The molecule has 0 radical (unpaired) electrons. The lowest BCUT2D eigenvalue weighted by molar-refractivity contribution is -0.161. The fourth-order valence-electron chi connectivity index (χ4n) is 12.1. The molecule has 0 aromatic heterocycles. The Bertz CT molecular complexity index is 2330. The summed E-state index contributed by atoms with van der Waals surface area (Å²) in [5, 5.41) is 20.7. The second-order valence-corrected chi connectivity index (χ2v) is 32.3. The van der Waals surface area contributed by atoms with E-state index in [1.165, 1.54) is 218 Å². The van der Waals surface area contributed by atoms with Gasteiger partial charge in [0.2, 0.25) is 0 Å². The first-order chi connectivity index (χ1) is 52.2. The molecule has 5 atom stereocenters. The molecule has 0 aliphatic heterocycles. The largest absolute Gasteiger partial charge is 0.472 e. The van der Waals surface area contributed by atoms with E-state index in [1.807, 2.05) is 0 Å². The van der Waals surface area contributed by atoms with Crippen LogP contribution in [0.3, 0.4) is 0 Å². The molecular formula is C89H160O16P2. The van der Waals surface area contributed by atoms with Gasteiger partial charge in [0, 0.05) is 19.3 Å². The Morgan fingerprint density at radius 2 is 0.467 bits per heavy atom. The van der Waals surface area contributed by atoms with Crippen LogP contribution in [0, 0.1) is 0 Å². The summed E-state index contributed by atoms with van der Waals surface area (Å²) in [6, 6.07) is 0. The molecule has 18 heteroatoms. The summed E-state index contributed by atoms with van der Waals surface area (Å²) in [5.74, 6) is -1.56. The predicted molar refractivity (Wildman–Crippen MR) is 445 cm³/mol. The molecule has 0 amide bonds. The molecule has 0 aromatic carbocycles. The summed E-state index contributed by atoms with van der Waals surface area (Å²) >= 11 is 0. The van der Waals surface area contributed by atoms with Gasteiger partial charge in [-0.3, -0.25) is 32.5 Å². The van der Waals surface area contributed by atoms with Gasteiger partial charge in [0.1, 0.15) is 25.4 Å². The first-order valence-electron chi connectivity index (χ1n) is 43.5. The van der Waals surface area contributed by atoms with Crippen LogP contribution < -0.4 is 0 Å². The highest BCUT2D eigenvalue weighted by Crippen LogP contribution is 2.45. The lowest BCUT2D eigenvalue weighted by atomic mass is 10.0. The van der Waals surface area contributed by atoms with Crippen molar-refractivity contribution in [2.75, 3.05) is 39.6 Å². The van der Waals surface area contributed by atoms with Gasteiger partial charge in [0.05, 0.1) is 26.4 Å². The van der Waals surface area contributed by atoms with Crippen molar-refractivity contribution < 1.29 is 75.8 Å². The quantitative estimate of drug-likeness (QED) is 0.0146. The van der Waals surface area contributed by atoms with Crippen LogP contribution in [0.2, 0.25) is 0 Å². The third-order valence-electron chi connectivity index (χ3n) is 18.8. The van der Waals surface area contributed by atoms with Crippen molar-refractivity contribution >= 4 is 33.6 Å². The minimum atomic E-state index is -4.93. The summed E-state index contributed by atoms with van der Waals surface area (Å²) in [4.78, 5) is 58.8. The van der Waals surface area contributed by atoms with E-state index in [0.717, 1.165) is 116 Å². The fraction of sp³-hybridized carbons (Fsp3) is 0.787. The molecule has 0 bridgehead atoms. The number of hydrogen-bond donors (Lipinski definition) is 4. The molecule has 16 nitrogen and oxygen atoms in total. The van der Waals surface area contributed by atoms with Gasteiger partial charge >= 0.3 is 33.6 Å². The zero-order valence-electron chi connectivity index (χ0n) is 68.3. The van der Waals surface area contributed by atoms with E-state index in [4.69, 9.17) is 32.3 Å². The second kappa shape index (κ2) is 81.9. The maximum atomic E-state index is 13.0. The average molecular weight is 1550 g/mol. The number of aliphatic hydroxyl groups excluding tert-OH is 2. The number of unbranched alkanes of at least 4 members (excludes halogenated alkanes) is 44. The Hall–Kier alpha value is -3.53. The van der Waals surface area contributed by atoms with Gasteiger partial charge in [0.25, 0.3) is 0 Å². The predicted octanol–water partition coefficient (Wildman–Crippen LogP) is 26.1. The maximum absolute atomic E-state index is 13.0. The van der Waals surface area contributed by atoms with Crippen molar-refractivity contribution in [2.45, 2.75) is 411 Å². The number of hydrogen-bond acceptors (Lipinski definition) is 14. The fourth-order valence-corrected chi connectivity index (χ4v) is 13.7. The van der Waals surface area contributed by atoms with Crippen LogP contribution in [0.5, 0.6) is 0 Å². The Morgan fingerprint density at radius 1 is 0.262 bits per heavy atom. The Labute approximate surface area is 654 Å². The van der Waals surface area contributed by atoms with Crippen molar-refractivity contribution in [3.63, 3.8) is 0 Å². The molecule has 0 aliphatic rings. The highest BCUT2D eigenvalue weighted by molar-refractivity contribution is 7.47. The van der Waals surface area contributed by atoms with Gasteiger partial charge in [0.15, 0.2) is 6.10 Å². The molecule has 0 fully saturated rings. The summed E-state index contributed by atoms with van der Waals surface area (Å²) in [6.07, 6.45) is 96.0. The van der Waals surface area contributed by atoms with Crippen LogP contribution in [-0.2, 0) is 55.8 Å². The molecule has 0 rings (SSSR count). The molecule has 0 spiro atoms. The van der Waals surface area contributed by atoms with Gasteiger partial charge < -0.3 is 34.2 Å². The standard InChI is InChI=1S/C89H160O16P2/c1-4-7-10-13-16-19-22-25-28-30-32-34-36-38-39-40-41-42-43-45-47-48-50-52-55-57-60-63-66-69-72-75-87(92)99-78-84(90)79-101-106(95,96)102-80-85(91)81-103-107(97,98)104-83-86(105-89(94)77-74-71-68-65-62-59-54-27-24-21-18-15-12-9-6-3)82-100-88(93)76-73-70-67-64-61-58-56-53-51-49-46-44-37-35-33-31-29-26-23-20-17-14-11-8-5-2/h16-17,19-20,25-26,28-29,32-35,38-39,44,46,84-86,90-91H,4-15,18,21-24,27,30-31,36-37,40-43,45,47-83H2,1-3H3,(H,95,96)(H,97,98)/b19-16-,20-17-,28-25-,29-26-,34-32-,35-33-,39-38-,46-44-. The monoisotopic (exact) mass is 1550 g/mol. The van der Waals surface area contributed by atoms with E-state index in [9.17, 15) is 43.5 Å². The lowest BCUT2D eigenvalue weighted by Gasteiger charge is -2.21. The van der Waals surface area contributed by atoms with Crippen LogP contribution >= 0.6 is 15.6 Å². The molecule has 622 valence electrons. The highest BCUT2D eigenvalue weighted by atomic mass is 31.2. The van der Waals surface area contributed by atoms with Gasteiger partial charge in [-0.2, -0.15) is 0 Å². The van der Waals surface area contributed by atoms with E-state index in [0.29, 0.717) is 19.3 Å². The molecule has 0 saturated heterocycles. The number of aliphatic hydroxyl groups is 2. The first kappa shape index (κ1) is 103. The normalized spacial score (nSPS) is 14.3. The smallest absolute Gasteiger partial charge is 0.463 e. The molecule has 0 saturated carbocycles. The van der Waals surface area contributed by atoms with Crippen molar-refractivity contribution in [1.82, 2.24) is 0 Å². The van der Waals surface area contributed by atoms with E-state index < -0.39 is 91.5 Å². The Balaban J connectivity index is 4.48. The van der Waals surface area contributed by atoms with Crippen LogP contribution in [0.15, 0.2) is 97.2 Å². The van der Waals surface area contributed by atoms with Crippen LogP contribution in [0.1, 0.15) is 393 Å². The average Bonchev–Trinajstić information content (AvgIpc) is 0.906. The molecule has 0 heterocycles. The van der Waals surface area contributed by atoms with Crippen LogP contribution in [0.25, 0.3) is 0 Å². The highest BCUT2D eigenvalue weighted by Gasteiger charge is 2.29. The summed E-state index contributed by atoms with van der Waals surface area (Å²) in [7, 11) is -9.79. The van der Waals surface area contributed by atoms with Crippen LogP contribution in [0.4, 0.5) is 0 Å². The lowest BCUT2D eigenvalue weighted by Crippen LogP contribution is -2.30. The van der Waals surface area contributed by atoms with Crippen LogP contribution in [-0.4, -0.2) is 95.9 Å². The Morgan fingerprint density at radius 3 is 0.757 bits per heavy atom. The van der Waals surface area contributed by atoms with E-state index in [2.05, 4.69) is 118 Å². The minimum Gasteiger partial charge on any atom is -0.463 e. The van der Waals surface area contributed by atoms with E-state index in [1.54, 1.807) is 0 Å². The minimum absolute atomic E-state index is 0.108. The summed E-state index contributed by atoms with van der Waals surface area (Å²) in [5.41, 5.74) is 0. The molecule has 107 heavy (non-hydrogen) atoms. The van der Waals surface area contributed by atoms with Gasteiger partial charge in [-0.15, -0.1) is 0 Å². The zero-order valence-corrected chi connectivity index (χ0v) is 70.1. The van der Waals surface area contributed by atoms with E-state index in [-0.39, 0.29) is 19.3 Å². The summed E-state index contributed by atoms with van der Waals surface area (Å²) in [6.45, 7) is 2.69. The van der Waals surface area contributed by atoms with Crippen molar-refractivity contribution in [3.05, 3.63) is 97.2 Å². The van der Waals surface area contributed by atoms with E-state index >= 15 is 0 Å². The van der Waals surface area contributed by atoms with Crippen molar-refractivity contribution in [1.29, 1.82) is 0 Å². The Kier molecular flexibility index (Phi) is 79.2. The van der Waals surface area contributed by atoms with Gasteiger partial charge in [-0.05, 0) is 109 Å². The zero-order chi connectivity index (χ0) is 78.0. The number of carbonyl (C=O) groups excluding carboxylic acids is 3. The number of allylic oxidation sites excluding steroid dienone is 16. The number of esters is 3. The SMILES string of the molecule is CCCCC/C=C\C/C=C\C/C=C\C/C=C\CCCCCCCCCCCCCCCCCC(=O)OCC(O)COP(=O)(O)OCC(O)COP(=O)(O)OCC(COC(=O)CCCCCCCCCCC/C=C\C/C=C\C/C=C\C/C=C\CCCCC)OC(=O)CCCCCCCCCCCCCCCCC. The topological polar surface area (TPSA) is 231 Å². The molecule has 0 aliphatic carbocycles. The van der Waals surface area contributed by atoms with Crippen molar-refractivity contribution in [2.24, 2.45) is 0 Å². The number of phosphoric acid groups is 2. The third kappa shape index (κ3) is 83.2.